The Hall–Kier alpha value is -5.79. The number of anilines is 2. The Morgan fingerprint density at radius 3 is 1.74 bits per heavy atom. The fourth-order valence-corrected chi connectivity index (χ4v) is 6.31. The lowest BCUT2D eigenvalue weighted by Gasteiger charge is -2.15. The van der Waals surface area contributed by atoms with E-state index in [9.17, 15) is 0 Å². The Kier molecular flexibility index (Phi) is 11.8. The van der Waals surface area contributed by atoms with Crippen molar-refractivity contribution in [2.75, 3.05) is 10.6 Å². The number of thiophene rings is 2. The fraction of sp³-hybridized carbons (Fsp3) is 0.212. The number of H-pyrrole nitrogens is 1. The van der Waals surface area contributed by atoms with E-state index in [-0.39, 0.29) is 12.1 Å². The number of benzene rings is 2. The Morgan fingerprint density at radius 2 is 1.32 bits per heavy atom. The van der Waals surface area contributed by atoms with Gasteiger partial charge in [0.15, 0.2) is 0 Å². The molecule has 0 spiro atoms. The fourth-order valence-electron chi connectivity index (χ4n) is 4.57. The number of azide groups is 1. The Balaban J connectivity index is 0.000000165. The van der Waals surface area contributed by atoms with Crippen LogP contribution < -0.4 is 10.6 Å². The predicted octanol–water partition coefficient (Wildman–Crippen LogP) is 8.91. The molecule has 50 heavy (non-hydrogen) atoms. The maximum absolute atomic E-state index is 8.82. The van der Waals surface area contributed by atoms with Crippen molar-refractivity contribution in [3.8, 4) is 17.5 Å². The van der Waals surface area contributed by atoms with Crippen LogP contribution in [0.2, 0.25) is 19.6 Å². The second-order valence-electron chi connectivity index (χ2n) is 11.9. The first kappa shape index (κ1) is 35.5. The molecule has 0 aliphatic rings. The first-order valence-electron chi connectivity index (χ1n) is 15.4. The topological polar surface area (TPSA) is 203 Å². The quantitative estimate of drug-likeness (QED) is 0.0589. The van der Waals surface area contributed by atoms with Gasteiger partial charge in [-0.3, -0.25) is 0 Å². The monoisotopic (exact) mass is 718 g/mol. The summed E-state index contributed by atoms with van der Waals surface area (Å²) in [5.74, 6) is 2.28. The molecule has 5 heterocycles. The summed E-state index contributed by atoms with van der Waals surface area (Å²) < 4.78 is 3.58. The highest BCUT2D eigenvalue weighted by Gasteiger charge is 2.12. The van der Waals surface area contributed by atoms with Crippen LogP contribution in [0.4, 0.5) is 11.6 Å². The second-order valence-corrected chi connectivity index (χ2v) is 18.2. The van der Waals surface area contributed by atoms with Crippen LogP contribution in [0.25, 0.3) is 42.3 Å². The van der Waals surface area contributed by atoms with Gasteiger partial charge in [-0.1, -0.05) is 56.0 Å². The average molecular weight is 719 g/mol. The number of hydrogen-bond donors (Lipinski definition) is 3. The van der Waals surface area contributed by atoms with Gasteiger partial charge in [-0.2, -0.15) is 10.5 Å². The van der Waals surface area contributed by atoms with Crippen molar-refractivity contribution in [1.82, 2.24) is 40.6 Å². The molecule has 7 rings (SSSR count). The standard InChI is InChI=1S/C15H13N7S.C15H12N4S.C3H9N3Si/c1-9(18-14-12-6-7-23-15(12)17-8-16-14)10-2-4-11(5-3-10)13-19-21-22-20-13;1-10(12-4-2-11(8-16)3-5-12)19-14-13-6-7-20-15(13)18-9-17-14;1-7(2,3)6-5-4/h2-9H,1H3,(H,16,17,18)(H,19,20,21,22);2-7,9-10H,1H3,(H,17,18,19);1-3H3/t9-;10-;/m00./s1. The second kappa shape index (κ2) is 16.5. The summed E-state index contributed by atoms with van der Waals surface area (Å²) in [6.45, 7) is 10.2. The number of tetrazole rings is 1. The van der Waals surface area contributed by atoms with Crippen molar-refractivity contribution < 1.29 is 0 Å². The maximum Gasteiger partial charge on any atom is 0.204 e. The lowest BCUT2D eigenvalue weighted by molar-refractivity contribution is 0.876. The van der Waals surface area contributed by atoms with Gasteiger partial charge in [-0.05, 0) is 75.7 Å². The largest absolute Gasteiger partial charge is 0.363 e. The molecule has 2 atom stereocenters. The zero-order chi connectivity index (χ0) is 35.5. The number of rotatable bonds is 8. The zero-order valence-electron chi connectivity index (χ0n) is 28.0. The highest BCUT2D eigenvalue weighted by molar-refractivity contribution is 7.17. The Morgan fingerprint density at radius 1 is 0.800 bits per heavy atom. The third-order valence-corrected chi connectivity index (χ3v) is 9.46. The highest BCUT2D eigenvalue weighted by atomic mass is 32.1. The van der Waals surface area contributed by atoms with Crippen LogP contribution in [-0.4, -0.2) is 48.8 Å². The molecule has 3 N–H and O–H groups in total. The molecule has 0 saturated heterocycles. The van der Waals surface area contributed by atoms with Crippen LogP contribution >= 0.6 is 22.7 Å². The van der Waals surface area contributed by atoms with Crippen LogP contribution in [-0.2, 0) is 0 Å². The molecule has 252 valence electrons. The van der Waals surface area contributed by atoms with Gasteiger partial charge < -0.3 is 10.6 Å². The predicted molar refractivity (Wildman–Crippen MR) is 202 cm³/mol. The number of hydrogen-bond acceptors (Lipinski definition) is 13. The molecule has 0 fully saturated rings. The van der Waals surface area contributed by atoms with E-state index in [1.54, 1.807) is 35.3 Å². The van der Waals surface area contributed by atoms with E-state index in [0.717, 1.165) is 48.8 Å². The summed E-state index contributed by atoms with van der Waals surface area (Å²) in [6.07, 6.45) is 3.17. The zero-order valence-corrected chi connectivity index (χ0v) is 30.6. The first-order valence-corrected chi connectivity index (χ1v) is 20.7. The van der Waals surface area contributed by atoms with Crippen molar-refractivity contribution >= 4 is 63.0 Å². The molecule has 0 saturated carbocycles. The highest BCUT2D eigenvalue weighted by Crippen LogP contribution is 2.29. The number of nitrogens with one attached hydrogen (secondary N) is 3. The lowest BCUT2D eigenvalue weighted by atomic mass is 10.1. The minimum Gasteiger partial charge on any atom is -0.363 e. The summed E-state index contributed by atoms with van der Waals surface area (Å²) in [7, 11) is -1.45. The minimum atomic E-state index is -1.45. The van der Waals surface area contributed by atoms with E-state index in [1.807, 2.05) is 78.9 Å². The van der Waals surface area contributed by atoms with Crippen LogP contribution in [0, 0.1) is 11.3 Å². The molecule has 17 heteroatoms. The SMILES string of the molecule is C[C@H](Nc1ncnc2sccc12)c1ccc(-c2nn[nH]n2)cc1.C[C@H](Nc1ncnc2sccc12)c1ccc(C#N)cc1.C[Si](C)(C)N=[N+]=[N-]. The summed E-state index contributed by atoms with van der Waals surface area (Å²) in [4.78, 5) is 21.8. The van der Waals surface area contributed by atoms with E-state index < -0.39 is 8.24 Å². The van der Waals surface area contributed by atoms with Gasteiger partial charge in [-0.25, -0.2) is 19.9 Å². The van der Waals surface area contributed by atoms with E-state index in [0.29, 0.717) is 11.4 Å². The molecular formula is C33H34N14S2Si. The third-order valence-electron chi connectivity index (χ3n) is 7.13. The van der Waals surface area contributed by atoms with E-state index in [2.05, 4.69) is 92.9 Å². The smallest absolute Gasteiger partial charge is 0.204 e. The van der Waals surface area contributed by atoms with Crippen LogP contribution in [0.5, 0.6) is 0 Å². The normalized spacial score (nSPS) is 11.9. The van der Waals surface area contributed by atoms with Gasteiger partial charge in [0, 0.05) is 17.6 Å². The van der Waals surface area contributed by atoms with Crippen molar-refractivity contribution in [3.63, 3.8) is 0 Å². The Labute approximate surface area is 297 Å². The minimum absolute atomic E-state index is 0.112. The molecule has 0 unspecified atom stereocenters. The van der Waals surface area contributed by atoms with E-state index in [4.69, 9.17) is 10.8 Å². The lowest BCUT2D eigenvalue weighted by Crippen LogP contribution is -2.13. The molecule has 0 aliphatic heterocycles. The number of aromatic nitrogens is 8. The van der Waals surface area contributed by atoms with Gasteiger partial charge in [0.05, 0.1) is 22.4 Å². The molecule has 0 radical (unpaired) electrons. The van der Waals surface area contributed by atoms with Gasteiger partial charge in [0.2, 0.25) is 5.82 Å². The summed E-state index contributed by atoms with van der Waals surface area (Å²) in [5.41, 5.74) is 11.8. The van der Waals surface area contributed by atoms with Crippen molar-refractivity contribution in [2.24, 2.45) is 4.78 Å². The van der Waals surface area contributed by atoms with Crippen molar-refractivity contribution in [1.29, 1.82) is 5.26 Å². The number of aromatic amines is 1. The molecule has 7 aromatic rings. The average Bonchev–Trinajstić information content (AvgIpc) is 3.92. The molecule has 2 aromatic carbocycles. The van der Waals surface area contributed by atoms with Crippen molar-refractivity contribution in [2.45, 2.75) is 45.6 Å². The van der Waals surface area contributed by atoms with Crippen LogP contribution in [0.1, 0.15) is 42.6 Å². The van der Waals surface area contributed by atoms with Gasteiger partial charge in [0.25, 0.3) is 0 Å². The number of nitriles is 1. The third kappa shape index (κ3) is 9.42. The number of nitrogens with zero attached hydrogens (tertiary/aromatic N) is 11. The van der Waals surface area contributed by atoms with Crippen molar-refractivity contribution in [3.05, 3.63) is 111 Å². The first-order chi connectivity index (χ1) is 24.1. The molecule has 0 amide bonds. The van der Waals surface area contributed by atoms with E-state index >= 15 is 0 Å². The van der Waals surface area contributed by atoms with Gasteiger partial charge >= 0.3 is 0 Å². The Bertz CT molecular complexity index is 2210. The molecule has 5 aromatic heterocycles. The molecular weight excluding hydrogens is 685 g/mol. The maximum atomic E-state index is 8.82. The van der Waals surface area contributed by atoms with E-state index in [1.165, 1.54) is 0 Å². The van der Waals surface area contributed by atoms with Crippen LogP contribution in [0.15, 0.2) is 88.9 Å². The van der Waals surface area contributed by atoms with Gasteiger partial charge in [-0.15, -0.1) is 37.7 Å². The summed E-state index contributed by atoms with van der Waals surface area (Å²) in [6, 6.07) is 22.1. The number of fused-ring (bicyclic) bond motifs is 2. The molecule has 0 aliphatic carbocycles. The van der Waals surface area contributed by atoms with Crippen LogP contribution in [0.3, 0.4) is 0 Å². The summed E-state index contributed by atoms with van der Waals surface area (Å²) in [5, 5.41) is 35.8. The molecule has 14 nitrogen and oxygen atoms in total. The molecule has 0 bridgehead atoms. The van der Waals surface area contributed by atoms with Gasteiger partial charge in [0.1, 0.15) is 42.2 Å². The summed E-state index contributed by atoms with van der Waals surface area (Å²) >= 11 is 3.21.